The predicted octanol–water partition coefficient (Wildman–Crippen LogP) is 2.90. The third-order valence-electron chi connectivity index (χ3n) is 3.11. The van der Waals surface area contributed by atoms with Gasteiger partial charge in [-0.25, -0.2) is 0 Å². The van der Waals surface area contributed by atoms with Gasteiger partial charge in [-0.15, -0.1) is 0 Å². The molecule has 2 N–H and O–H groups in total. The molecule has 0 radical (unpaired) electrons. The van der Waals surface area contributed by atoms with Crippen molar-refractivity contribution in [3.8, 4) is 11.5 Å². The van der Waals surface area contributed by atoms with Crippen LogP contribution in [0.2, 0.25) is 0 Å². The average molecular weight is 286 g/mol. The molecular formula is C12H16BrNO2. The summed E-state index contributed by atoms with van der Waals surface area (Å²) in [5.74, 6) is 0.834. The summed E-state index contributed by atoms with van der Waals surface area (Å²) in [7, 11) is 1.58. The maximum Gasteiger partial charge on any atom is 0.164 e. The number of phenols is 1. The molecule has 0 saturated carbocycles. The van der Waals surface area contributed by atoms with Crippen LogP contribution in [0.4, 0.5) is 0 Å². The minimum absolute atomic E-state index is 0.241. The van der Waals surface area contributed by atoms with Gasteiger partial charge in [0.2, 0.25) is 0 Å². The Balaban J connectivity index is 2.49. The SMILES string of the molecule is COc1c(C)c(Br)cc(C2CCCN2)c1O. The second kappa shape index (κ2) is 4.63. The Bertz CT molecular complexity index is 400. The molecule has 2 rings (SSSR count). The number of ether oxygens (including phenoxy) is 1. The van der Waals surface area contributed by atoms with Crippen molar-refractivity contribution in [3.05, 3.63) is 21.7 Å². The zero-order valence-electron chi connectivity index (χ0n) is 9.51. The van der Waals surface area contributed by atoms with Crippen molar-refractivity contribution >= 4 is 15.9 Å². The molecule has 1 heterocycles. The number of hydrogen-bond acceptors (Lipinski definition) is 3. The number of aromatic hydroxyl groups is 1. The first-order valence-electron chi connectivity index (χ1n) is 5.44. The molecule has 1 fully saturated rings. The van der Waals surface area contributed by atoms with E-state index in [1.165, 1.54) is 0 Å². The van der Waals surface area contributed by atoms with Gasteiger partial charge in [-0.05, 0) is 32.4 Å². The Morgan fingerprint density at radius 1 is 1.56 bits per heavy atom. The summed E-state index contributed by atoms with van der Waals surface area (Å²) < 4.78 is 6.23. The fourth-order valence-corrected chi connectivity index (χ4v) is 2.62. The molecule has 1 aromatic rings. The topological polar surface area (TPSA) is 41.5 Å². The van der Waals surface area contributed by atoms with Crippen molar-refractivity contribution in [2.75, 3.05) is 13.7 Å². The van der Waals surface area contributed by atoms with Crippen LogP contribution in [0.25, 0.3) is 0 Å². The largest absolute Gasteiger partial charge is 0.504 e. The van der Waals surface area contributed by atoms with E-state index in [0.717, 1.165) is 35.0 Å². The minimum Gasteiger partial charge on any atom is -0.504 e. The Kier molecular flexibility index (Phi) is 3.40. The highest BCUT2D eigenvalue weighted by atomic mass is 79.9. The molecule has 0 bridgehead atoms. The summed E-state index contributed by atoms with van der Waals surface area (Å²) in [6.07, 6.45) is 2.21. The van der Waals surface area contributed by atoms with Crippen molar-refractivity contribution < 1.29 is 9.84 Å². The van der Waals surface area contributed by atoms with E-state index < -0.39 is 0 Å². The van der Waals surface area contributed by atoms with Crippen molar-refractivity contribution in [3.63, 3.8) is 0 Å². The van der Waals surface area contributed by atoms with Gasteiger partial charge in [-0.3, -0.25) is 0 Å². The molecule has 4 heteroatoms. The van der Waals surface area contributed by atoms with E-state index in [1.54, 1.807) is 7.11 Å². The zero-order chi connectivity index (χ0) is 11.7. The average Bonchev–Trinajstić information content (AvgIpc) is 2.77. The molecular weight excluding hydrogens is 270 g/mol. The Morgan fingerprint density at radius 3 is 2.88 bits per heavy atom. The van der Waals surface area contributed by atoms with Crippen LogP contribution in [0.5, 0.6) is 11.5 Å². The molecule has 0 aliphatic carbocycles. The normalized spacial score (nSPS) is 20.1. The fourth-order valence-electron chi connectivity index (χ4n) is 2.20. The lowest BCUT2D eigenvalue weighted by atomic mass is 10.0. The first kappa shape index (κ1) is 11.7. The van der Waals surface area contributed by atoms with Crippen LogP contribution in [0, 0.1) is 6.92 Å². The van der Waals surface area contributed by atoms with Gasteiger partial charge in [0, 0.05) is 21.6 Å². The molecule has 16 heavy (non-hydrogen) atoms. The smallest absolute Gasteiger partial charge is 0.164 e. The summed E-state index contributed by atoms with van der Waals surface area (Å²) in [4.78, 5) is 0. The standard InChI is InChI=1S/C12H16BrNO2/c1-7-9(13)6-8(10-4-3-5-14-10)11(15)12(7)16-2/h6,10,14-15H,3-5H2,1-2H3. The molecule has 1 aromatic carbocycles. The van der Waals surface area contributed by atoms with E-state index in [2.05, 4.69) is 21.2 Å². The van der Waals surface area contributed by atoms with E-state index in [1.807, 2.05) is 13.0 Å². The molecule has 1 unspecified atom stereocenters. The van der Waals surface area contributed by atoms with Gasteiger partial charge in [0.15, 0.2) is 11.5 Å². The first-order valence-corrected chi connectivity index (χ1v) is 6.23. The van der Waals surface area contributed by atoms with E-state index >= 15 is 0 Å². The van der Waals surface area contributed by atoms with E-state index in [4.69, 9.17) is 4.74 Å². The molecule has 0 aromatic heterocycles. The van der Waals surface area contributed by atoms with Crippen LogP contribution in [0.3, 0.4) is 0 Å². The first-order chi connectivity index (χ1) is 7.65. The lowest BCUT2D eigenvalue weighted by molar-refractivity contribution is 0.364. The lowest BCUT2D eigenvalue weighted by Gasteiger charge is -2.17. The summed E-state index contributed by atoms with van der Waals surface area (Å²) in [5, 5.41) is 13.5. The molecule has 3 nitrogen and oxygen atoms in total. The van der Waals surface area contributed by atoms with Gasteiger partial charge in [-0.1, -0.05) is 15.9 Å². The van der Waals surface area contributed by atoms with E-state index in [9.17, 15) is 5.11 Å². The number of benzene rings is 1. The number of rotatable bonds is 2. The summed E-state index contributed by atoms with van der Waals surface area (Å²) in [6, 6.07) is 2.22. The van der Waals surface area contributed by atoms with Gasteiger partial charge < -0.3 is 15.2 Å². The van der Waals surface area contributed by atoms with Crippen molar-refractivity contribution in [1.82, 2.24) is 5.32 Å². The maximum atomic E-state index is 10.2. The van der Waals surface area contributed by atoms with E-state index in [-0.39, 0.29) is 11.8 Å². The van der Waals surface area contributed by atoms with Crippen LogP contribution in [0.15, 0.2) is 10.5 Å². The molecule has 1 atom stereocenters. The number of halogens is 1. The Hall–Kier alpha value is -0.740. The monoisotopic (exact) mass is 285 g/mol. The summed E-state index contributed by atoms with van der Waals surface area (Å²) >= 11 is 3.50. The highest BCUT2D eigenvalue weighted by Gasteiger charge is 2.23. The molecule has 0 spiro atoms. The summed E-state index contributed by atoms with van der Waals surface area (Å²) in [6.45, 7) is 2.94. The van der Waals surface area contributed by atoms with Crippen molar-refractivity contribution in [2.24, 2.45) is 0 Å². The van der Waals surface area contributed by atoms with Gasteiger partial charge in [0.25, 0.3) is 0 Å². The number of phenolic OH excluding ortho intramolecular Hbond substituents is 1. The van der Waals surface area contributed by atoms with Crippen LogP contribution in [-0.2, 0) is 0 Å². The number of methoxy groups -OCH3 is 1. The van der Waals surface area contributed by atoms with Crippen LogP contribution in [-0.4, -0.2) is 18.8 Å². The minimum atomic E-state index is 0.241. The lowest BCUT2D eigenvalue weighted by Crippen LogP contribution is -2.13. The van der Waals surface area contributed by atoms with Crippen molar-refractivity contribution in [1.29, 1.82) is 0 Å². The second-order valence-corrected chi connectivity index (χ2v) is 4.96. The molecule has 0 amide bonds. The van der Waals surface area contributed by atoms with Crippen LogP contribution in [0.1, 0.15) is 30.0 Å². The maximum absolute atomic E-state index is 10.2. The molecule has 1 saturated heterocycles. The fraction of sp³-hybridized carbons (Fsp3) is 0.500. The highest BCUT2D eigenvalue weighted by Crippen LogP contribution is 2.42. The van der Waals surface area contributed by atoms with Crippen LogP contribution < -0.4 is 10.1 Å². The highest BCUT2D eigenvalue weighted by molar-refractivity contribution is 9.10. The van der Waals surface area contributed by atoms with Gasteiger partial charge in [-0.2, -0.15) is 0 Å². The number of hydrogen-bond donors (Lipinski definition) is 2. The van der Waals surface area contributed by atoms with Crippen LogP contribution >= 0.6 is 15.9 Å². The Labute approximate surface area is 104 Å². The third-order valence-corrected chi connectivity index (χ3v) is 3.93. The number of nitrogens with one attached hydrogen (secondary N) is 1. The second-order valence-electron chi connectivity index (χ2n) is 4.10. The summed E-state index contributed by atoms with van der Waals surface area (Å²) in [5.41, 5.74) is 1.86. The Morgan fingerprint density at radius 2 is 2.31 bits per heavy atom. The van der Waals surface area contributed by atoms with E-state index in [0.29, 0.717) is 5.75 Å². The predicted molar refractivity (Wildman–Crippen MR) is 67.1 cm³/mol. The van der Waals surface area contributed by atoms with Gasteiger partial charge >= 0.3 is 0 Å². The molecule has 88 valence electrons. The molecule has 1 aliphatic rings. The van der Waals surface area contributed by atoms with Crippen molar-refractivity contribution in [2.45, 2.75) is 25.8 Å². The van der Waals surface area contributed by atoms with Gasteiger partial charge in [0.05, 0.1) is 7.11 Å². The van der Waals surface area contributed by atoms with Gasteiger partial charge in [0.1, 0.15) is 0 Å². The third kappa shape index (κ3) is 1.92. The quantitative estimate of drug-likeness (QED) is 0.878. The zero-order valence-corrected chi connectivity index (χ0v) is 11.1. The molecule has 1 aliphatic heterocycles.